The van der Waals surface area contributed by atoms with Gasteiger partial charge in [-0.1, -0.05) is 37.6 Å². The Balaban J connectivity index is 1.84. The SMILES string of the molecule is CCCCc1ccc(CN2CCNCC2)cc1. The van der Waals surface area contributed by atoms with Crippen molar-refractivity contribution in [1.82, 2.24) is 10.2 Å². The maximum absolute atomic E-state index is 3.39. The number of unbranched alkanes of at least 4 members (excludes halogenated alkanes) is 1. The number of hydrogen-bond acceptors (Lipinski definition) is 2. The Kier molecular flexibility index (Phi) is 5.02. The number of aryl methyl sites for hydroxylation is 1. The average Bonchev–Trinajstić information content (AvgIpc) is 2.39. The summed E-state index contributed by atoms with van der Waals surface area (Å²) in [5.41, 5.74) is 2.93. The van der Waals surface area contributed by atoms with Crippen molar-refractivity contribution in [1.29, 1.82) is 0 Å². The molecule has 1 aliphatic rings. The predicted molar refractivity (Wildman–Crippen MR) is 73.2 cm³/mol. The molecule has 1 saturated heterocycles. The van der Waals surface area contributed by atoms with E-state index in [1.165, 1.54) is 43.5 Å². The summed E-state index contributed by atoms with van der Waals surface area (Å²) < 4.78 is 0. The minimum Gasteiger partial charge on any atom is -0.314 e. The van der Waals surface area contributed by atoms with E-state index in [9.17, 15) is 0 Å². The lowest BCUT2D eigenvalue weighted by Crippen LogP contribution is -2.42. The van der Waals surface area contributed by atoms with E-state index in [2.05, 4.69) is 41.4 Å². The number of benzene rings is 1. The van der Waals surface area contributed by atoms with Crippen molar-refractivity contribution in [3.63, 3.8) is 0 Å². The van der Waals surface area contributed by atoms with Crippen LogP contribution in [0.5, 0.6) is 0 Å². The zero-order valence-corrected chi connectivity index (χ0v) is 10.9. The van der Waals surface area contributed by atoms with Gasteiger partial charge < -0.3 is 5.32 Å². The molecule has 1 heterocycles. The summed E-state index contributed by atoms with van der Waals surface area (Å²) in [6.07, 6.45) is 3.81. The molecule has 2 nitrogen and oxygen atoms in total. The van der Waals surface area contributed by atoms with Crippen molar-refractivity contribution >= 4 is 0 Å². The van der Waals surface area contributed by atoms with E-state index in [1.54, 1.807) is 0 Å². The van der Waals surface area contributed by atoms with Gasteiger partial charge >= 0.3 is 0 Å². The monoisotopic (exact) mass is 232 g/mol. The number of rotatable bonds is 5. The minimum atomic E-state index is 1.11. The molecule has 2 rings (SSSR count). The summed E-state index contributed by atoms with van der Waals surface area (Å²) >= 11 is 0. The summed E-state index contributed by atoms with van der Waals surface area (Å²) in [6.45, 7) is 7.98. The van der Waals surface area contributed by atoms with E-state index < -0.39 is 0 Å². The summed E-state index contributed by atoms with van der Waals surface area (Å²) in [6, 6.07) is 9.19. The molecule has 0 spiro atoms. The van der Waals surface area contributed by atoms with Gasteiger partial charge in [-0.15, -0.1) is 0 Å². The lowest BCUT2D eigenvalue weighted by molar-refractivity contribution is 0.233. The van der Waals surface area contributed by atoms with E-state index in [0.29, 0.717) is 0 Å². The van der Waals surface area contributed by atoms with Crippen LogP contribution >= 0.6 is 0 Å². The molecular formula is C15H24N2. The van der Waals surface area contributed by atoms with Crippen LogP contribution in [0.3, 0.4) is 0 Å². The molecular weight excluding hydrogens is 208 g/mol. The van der Waals surface area contributed by atoms with E-state index in [-0.39, 0.29) is 0 Å². The maximum Gasteiger partial charge on any atom is 0.0234 e. The van der Waals surface area contributed by atoms with Gasteiger partial charge in [0, 0.05) is 32.7 Å². The van der Waals surface area contributed by atoms with E-state index in [0.717, 1.165) is 19.6 Å². The lowest BCUT2D eigenvalue weighted by atomic mass is 10.1. The Morgan fingerprint density at radius 3 is 2.35 bits per heavy atom. The van der Waals surface area contributed by atoms with Crippen LogP contribution in [0.2, 0.25) is 0 Å². The third kappa shape index (κ3) is 4.14. The standard InChI is InChI=1S/C15H24N2/c1-2-3-4-14-5-7-15(8-6-14)13-17-11-9-16-10-12-17/h5-8,16H,2-4,9-13H2,1H3. The largest absolute Gasteiger partial charge is 0.314 e. The molecule has 1 fully saturated rings. The molecule has 17 heavy (non-hydrogen) atoms. The van der Waals surface area contributed by atoms with Crippen LogP contribution in [0.4, 0.5) is 0 Å². The molecule has 0 radical (unpaired) electrons. The van der Waals surface area contributed by atoms with Gasteiger partial charge in [0.05, 0.1) is 0 Å². The lowest BCUT2D eigenvalue weighted by Gasteiger charge is -2.27. The molecule has 1 N–H and O–H groups in total. The molecule has 0 amide bonds. The summed E-state index contributed by atoms with van der Waals surface area (Å²) in [4.78, 5) is 2.53. The van der Waals surface area contributed by atoms with Crippen LogP contribution in [-0.2, 0) is 13.0 Å². The molecule has 0 aliphatic carbocycles. The summed E-state index contributed by atoms with van der Waals surface area (Å²) in [7, 11) is 0. The highest BCUT2D eigenvalue weighted by Crippen LogP contribution is 2.10. The van der Waals surface area contributed by atoms with Gasteiger partial charge in [0.1, 0.15) is 0 Å². The molecule has 1 aromatic rings. The molecule has 94 valence electrons. The highest BCUT2D eigenvalue weighted by atomic mass is 15.2. The van der Waals surface area contributed by atoms with Gasteiger partial charge in [-0.25, -0.2) is 0 Å². The van der Waals surface area contributed by atoms with Crippen molar-refractivity contribution in [3.8, 4) is 0 Å². The first-order valence-electron chi connectivity index (χ1n) is 6.89. The smallest absolute Gasteiger partial charge is 0.0234 e. The van der Waals surface area contributed by atoms with Crippen LogP contribution in [0.1, 0.15) is 30.9 Å². The van der Waals surface area contributed by atoms with Crippen LogP contribution in [0.15, 0.2) is 24.3 Å². The van der Waals surface area contributed by atoms with Crippen molar-refractivity contribution in [2.24, 2.45) is 0 Å². The molecule has 0 bridgehead atoms. The van der Waals surface area contributed by atoms with Crippen LogP contribution in [0.25, 0.3) is 0 Å². The van der Waals surface area contributed by atoms with Crippen LogP contribution in [0, 0.1) is 0 Å². The minimum absolute atomic E-state index is 1.11. The molecule has 1 aromatic carbocycles. The summed E-state index contributed by atoms with van der Waals surface area (Å²) in [5.74, 6) is 0. The van der Waals surface area contributed by atoms with Gasteiger partial charge in [0.25, 0.3) is 0 Å². The zero-order valence-electron chi connectivity index (χ0n) is 10.9. The number of nitrogens with zero attached hydrogens (tertiary/aromatic N) is 1. The van der Waals surface area contributed by atoms with Gasteiger partial charge in [-0.2, -0.15) is 0 Å². The van der Waals surface area contributed by atoms with Gasteiger partial charge in [0.15, 0.2) is 0 Å². The third-order valence-electron chi connectivity index (χ3n) is 3.46. The van der Waals surface area contributed by atoms with Gasteiger partial charge in [-0.05, 0) is 24.0 Å². The number of hydrogen-bond donors (Lipinski definition) is 1. The fraction of sp³-hybridized carbons (Fsp3) is 0.600. The molecule has 0 unspecified atom stereocenters. The fourth-order valence-corrected chi connectivity index (χ4v) is 2.32. The first kappa shape index (κ1) is 12.6. The summed E-state index contributed by atoms with van der Waals surface area (Å²) in [5, 5.41) is 3.39. The van der Waals surface area contributed by atoms with Crippen molar-refractivity contribution in [3.05, 3.63) is 35.4 Å². The number of piperazine rings is 1. The third-order valence-corrected chi connectivity index (χ3v) is 3.46. The van der Waals surface area contributed by atoms with E-state index in [4.69, 9.17) is 0 Å². The highest BCUT2D eigenvalue weighted by Gasteiger charge is 2.09. The second-order valence-corrected chi connectivity index (χ2v) is 4.95. The zero-order chi connectivity index (χ0) is 11.9. The van der Waals surface area contributed by atoms with E-state index >= 15 is 0 Å². The normalized spacial score (nSPS) is 17.2. The maximum atomic E-state index is 3.39. The Hall–Kier alpha value is -0.860. The second kappa shape index (κ2) is 6.77. The van der Waals surface area contributed by atoms with Gasteiger partial charge in [-0.3, -0.25) is 4.90 Å². The average molecular weight is 232 g/mol. The number of nitrogens with one attached hydrogen (secondary N) is 1. The molecule has 1 aliphatic heterocycles. The molecule has 0 aromatic heterocycles. The quantitative estimate of drug-likeness (QED) is 0.839. The molecule has 2 heteroatoms. The van der Waals surface area contributed by atoms with Crippen LogP contribution < -0.4 is 5.32 Å². The predicted octanol–water partition coefficient (Wildman–Crippen LogP) is 2.43. The van der Waals surface area contributed by atoms with E-state index in [1.807, 2.05) is 0 Å². The van der Waals surface area contributed by atoms with Crippen molar-refractivity contribution in [2.45, 2.75) is 32.7 Å². The Morgan fingerprint density at radius 1 is 1.06 bits per heavy atom. The topological polar surface area (TPSA) is 15.3 Å². The fourth-order valence-electron chi connectivity index (χ4n) is 2.32. The van der Waals surface area contributed by atoms with Crippen molar-refractivity contribution < 1.29 is 0 Å². The van der Waals surface area contributed by atoms with Gasteiger partial charge in [0.2, 0.25) is 0 Å². The highest BCUT2D eigenvalue weighted by molar-refractivity contribution is 5.22. The van der Waals surface area contributed by atoms with Crippen molar-refractivity contribution in [2.75, 3.05) is 26.2 Å². The Labute approximate surface area is 105 Å². The Morgan fingerprint density at radius 2 is 1.71 bits per heavy atom. The Bertz CT molecular complexity index is 312. The first-order valence-corrected chi connectivity index (χ1v) is 6.89. The first-order chi connectivity index (χ1) is 8.38. The second-order valence-electron chi connectivity index (χ2n) is 4.95. The molecule has 0 saturated carbocycles. The molecule has 0 atom stereocenters. The van der Waals surface area contributed by atoms with Crippen LogP contribution in [-0.4, -0.2) is 31.1 Å².